The van der Waals surface area contributed by atoms with Gasteiger partial charge in [0, 0.05) is 19.6 Å². The molecule has 0 aliphatic rings. The molecule has 1 rings (SSSR count). The molecule has 0 spiro atoms. The lowest BCUT2D eigenvalue weighted by atomic mass is 10.0. The van der Waals surface area contributed by atoms with Crippen LogP contribution in [-0.4, -0.2) is 20.1 Å². The van der Waals surface area contributed by atoms with Crippen molar-refractivity contribution in [2.24, 2.45) is 0 Å². The Kier molecular flexibility index (Phi) is 6.13. The molecule has 0 amide bonds. The number of anilines is 1. The van der Waals surface area contributed by atoms with E-state index in [1.54, 1.807) is 6.07 Å². The Morgan fingerprint density at radius 1 is 1.28 bits per heavy atom. The monoisotopic (exact) mass is 252 g/mol. The fourth-order valence-electron chi connectivity index (χ4n) is 2.20. The van der Waals surface area contributed by atoms with Crippen LogP contribution in [0.3, 0.4) is 0 Å². The zero-order valence-electron chi connectivity index (χ0n) is 12.0. The maximum Gasteiger partial charge on any atom is 0.146 e. The molecule has 0 aliphatic carbocycles. The topological polar surface area (TPSA) is 15.3 Å². The van der Waals surface area contributed by atoms with Gasteiger partial charge >= 0.3 is 0 Å². The summed E-state index contributed by atoms with van der Waals surface area (Å²) in [5, 5.41) is 3.42. The minimum absolute atomic E-state index is 0.131. The number of benzene rings is 1. The van der Waals surface area contributed by atoms with Crippen molar-refractivity contribution >= 4 is 5.69 Å². The average molecular weight is 252 g/mol. The largest absolute Gasteiger partial charge is 0.372 e. The molecule has 0 aromatic heterocycles. The zero-order valence-corrected chi connectivity index (χ0v) is 12.0. The van der Waals surface area contributed by atoms with Gasteiger partial charge < -0.3 is 10.2 Å². The molecule has 0 fully saturated rings. The first-order valence-corrected chi connectivity index (χ1v) is 6.84. The third kappa shape index (κ3) is 3.70. The van der Waals surface area contributed by atoms with Crippen molar-refractivity contribution in [3.63, 3.8) is 0 Å². The lowest BCUT2D eigenvalue weighted by Gasteiger charge is -2.25. The highest BCUT2D eigenvalue weighted by atomic mass is 19.1. The minimum atomic E-state index is -0.131. The number of hydrogen-bond acceptors (Lipinski definition) is 2. The number of para-hydroxylation sites is 1. The van der Waals surface area contributed by atoms with Crippen molar-refractivity contribution in [2.75, 3.05) is 25.0 Å². The summed E-state index contributed by atoms with van der Waals surface area (Å²) in [5.74, 6) is -0.131. The van der Waals surface area contributed by atoms with Crippen LogP contribution >= 0.6 is 0 Å². The summed E-state index contributed by atoms with van der Waals surface area (Å²) in [6.45, 7) is 8.15. The van der Waals surface area contributed by atoms with Crippen molar-refractivity contribution in [1.82, 2.24) is 5.32 Å². The molecule has 102 valence electrons. The zero-order chi connectivity index (χ0) is 13.5. The second kappa shape index (κ2) is 7.37. The Balaban J connectivity index is 2.99. The van der Waals surface area contributed by atoms with E-state index in [9.17, 15) is 4.39 Å². The highest BCUT2D eigenvalue weighted by Crippen LogP contribution is 2.28. The predicted molar refractivity (Wildman–Crippen MR) is 76.7 cm³/mol. The lowest BCUT2D eigenvalue weighted by molar-refractivity contribution is 0.560. The van der Waals surface area contributed by atoms with Crippen LogP contribution in [-0.2, 0) is 0 Å². The van der Waals surface area contributed by atoms with E-state index in [0.29, 0.717) is 0 Å². The molecule has 1 atom stereocenters. The summed E-state index contributed by atoms with van der Waals surface area (Å²) in [7, 11) is 1.96. The van der Waals surface area contributed by atoms with E-state index >= 15 is 0 Å². The van der Waals surface area contributed by atoms with Gasteiger partial charge in [-0.2, -0.15) is 0 Å². The summed E-state index contributed by atoms with van der Waals surface area (Å²) < 4.78 is 14.0. The number of rotatable bonds is 7. The second-order valence-corrected chi connectivity index (χ2v) is 4.78. The quantitative estimate of drug-likeness (QED) is 0.795. The number of halogens is 1. The first kappa shape index (κ1) is 15.0. The molecule has 1 N–H and O–H groups in total. The van der Waals surface area contributed by atoms with Gasteiger partial charge in [0.1, 0.15) is 5.82 Å². The van der Waals surface area contributed by atoms with Crippen LogP contribution in [0, 0.1) is 5.82 Å². The Labute approximate surface area is 110 Å². The van der Waals surface area contributed by atoms with Crippen LogP contribution in [0.5, 0.6) is 0 Å². The highest BCUT2D eigenvalue weighted by molar-refractivity contribution is 5.55. The van der Waals surface area contributed by atoms with E-state index in [-0.39, 0.29) is 11.9 Å². The van der Waals surface area contributed by atoms with Crippen LogP contribution in [0.1, 0.15) is 45.2 Å². The molecule has 0 saturated carbocycles. The first-order valence-electron chi connectivity index (χ1n) is 6.84. The highest BCUT2D eigenvalue weighted by Gasteiger charge is 2.16. The molecule has 0 heterocycles. The lowest BCUT2D eigenvalue weighted by Crippen LogP contribution is -2.25. The Morgan fingerprint density at radius 3 is 2.61 bits per heavy atom. The molecule has 0 saturated heterocycles. The molecule has 0 radical (unpaired) electrons. The maximum atomic E-state index is 14.0. The molecule has 0 bridgehead atoms. The fraction of sp³-hybridized carbons (Fsp3) is 0.600. The minimum Gasteiger partial charge on any atom is -0.372 e. The molecular formula is C15H25FN2. The van der Waals surface area contributed by atoms with Gasteiger partial charge in [0.25, 0.3) is 0 Å². The molecule has 1 aromatic carbocycles. The molecule has 3 heteroatoms. The van der Waals surface area contributed by atoms with Gasteiger partial charge in [-0.3, -0.25) is 0 Å². The Morgan fingerprint density at radius 2 is 2.00 bits per heavy atom. The standard InChI is InChI=1S/C15H25FN2/c1-5-10-17-12(3)13-8-7-9-14(16)15(13)18(4)11-6-2/h7-9,12,17H,5-6,10-11H2,1-4H3. The van der Waals surface area contributed by atoms with Crippen LogP contribution in [0.4, 0.5) is 10.1 Å². The number of nitrogens with one attached hydrogen (secondary N) is 1. The molecule has 2 nitrogen and oxygen atoms in total. The van der Waals surface area contributed by atoms with E-state index in [1.165, 1.54) is 6.07 Å². The summed E-state index contributed by atoms with van der Waals surface area (Å²) in [4.78, 5) is 2.01. The van der Waals surface area contributed by atoms with Crippen LogP contribution in [0.2, 0.25) is 0 Å². The van der Waals surface area contributed by atoms with Crippen molar-refractivity contribution in [3.8, 4) is 0 Å². The Hall–Kier alpha value is -1.09. The van der Waals surface area contributed by atoms with Gasteiger partial charge in [0.2, 0.25) is 0 Å². The summed E-state index contributed by atoms with van der Waals surface area (Å²) in [5.41, 5.74) is 1.77. The average Bonchev–Trinajstić information content (AvgIpc) is 2.35. The van der Waals surface area contributed by atoms with Gasteiger partial charge in [0.05, 0.1) is 5.69 Å². The fourth-order valence-corrected chi connectivity index (χ4v) is 2.20. The van der Waals surface area contributed by atoms with Gasteiger partial charge in [-0.25, -0.2) is 4.39 Å². The number of nitrogens with zero attached hydrogens (tertiary/aromatic N) is 1. The molecule has 1 unspecified atom stereocenters. The van der Waals surface area contributed by atoms with E-state index < -0.39 is 0 Å². The molecule has 1 aromatic rings. The first-order chi connectivity index (χ1) is 8.61. The Bertz CT molecular complexity index is 366. The van der Waals surface area contributed by atoms with Crippen molar-refractivity contribution in [1.29, 1.82) is 0 Å². The number of hydrogen-bond donors (Lipinski definition) is 1. The molecule has 0 aliphatic heterocycles. The summed E-state index contributed by atoms with van der Waals surface area (Å²) >= 11 is 0. The summed E-state index contributed by atoms with van der Waals surface area (Å²) in [6.07, 6.45) is 2.10. The van der Waals surface area contributed by atoms with Crippen molar-refractivity contribution < 1.29 is 4.39 Å². The van der Waals surface area contributed by atoms with E-state index in [0.717, 1.165) is 37.2 Å². The smallest absolute Gasteiger partial charge is 0.146 e. The predicted octanol–water partition coefficient (Wildman–Crippen LogP) is 3.73. The van der Waals surface area contributed by atoms with Crippen LogP contribution in [0.25, 0.3) is 0 Å². The second-order valence-electron chi connectivity index (χ2n) is 4.78. The summed E-state index contributed by atoms with van der Waals surface area (Å²) in [6, 6.07) is 5.52. The van der Waals surface area contributed by atoms with Crippen LogP contribution in [0.15, 0.2) is 18.2 Å². The van der Waals surface area contributed by atoms with E-state index in [1.807, 2.05) is 18.0 Å². The van der Waals surface area contributed by atoms with Gasteiger partial charge in [-0.1, -0.05) is 26.0 Å². The third-order valence-electron chi connectivity index (χ3n) is 3.13. The maximum absolute atomic E-state index is 14.0. The van der Waals surface area contributed by atoms with Crippen molar-refractivity contribution in [3.05, 3.63) is 29.6 Å². The third-order valence-corrected chi connectivity index (χ3v) is 3.13. The van der Waals surface area contributed by atoms with Gasteiger partial charge in [-0.15, -0.1) is 0 Å². The van der Waals surface area contributed by atoms with Gasteiger partial charge in [0.15, 0.2) is 0 Å². The van der Waals surface area contributed by atoms with Crippen molar-refractivity contribution in [2.45, 2.75) is 39.7 Å². The molecule has 18 heavy (non-hydrogen) atoms. The molecular weight excluding hydrogens is 227 g/mol. The van der Waals surface area contributed by atoms with Crippen LogP contribution < -0.4 is 10.2 Å². The SMILES string of the molecule is CCCNC(C)c1cccc(F)c1N(C)CCC. The normalized spacial score (nSPS) is 12.5. The van der Waals surface area contributed by atoms with E-state index in [4.69, 9.17) is 0 Å². The van der Waals surface area contributed by atoms with Gasteiger partial charge in [-0.05, 0) is 37.9 Å². The van der Waals surface area contributed by atoms with E-state index in [2.05, 4.69) is 26.1 Å².